The van der Waals surface area contributed by atoms with Crippen LogP contribution in [0.4, 0.5) is 0 Å². The molecule has 0 radical (unpaired) electrons. The fourth-order valence-electron chi connectivity index (χ4n) is 2.20. The van der Waals surface area contributed by atoms with Gasteiger partial charge in [-0.2, -0.15) is 4.98 Å². The monoisotopic (exact) mass is 292 g/mol. The van der Waals surface area contributed by atoms with Crippen molar-refractivity contribution in [3.63, 3.8) is 0 Å². The lowest BCUT2D eigenvalue weighted by Gasteiger charge is -2.13. The van der Waals surface area contributed by atoms with Crippen molar-refractivity contribution in [3.8, 4) is 6.01 Å². The number of hydrogen-bond acceptors (Lipinski definition) is 3. The van der Waals surface area contributed by atoms with Crippen molar-refractivity contribution in [3.05, 3.63) is 33.6 Å². The van der Waals surface area contributed by atoms with Crippen LogP contribution in [0, 0.1) is 5.92 Å². The Morgan fingerprint density at radius 1 is 1.45 bits per heavy atom. The lowest BCUT2D eigenvalue weighted by atomic mass is 10.2. The number of hydrogen-bond donors (Lipinski definition) is 0. The topological polar surface area (TPSA) is 44.1 Å². The van der Waals surface area contributed by atoms with Gasteiger partial charge in [0, 0.05) is 11.6 Å². The highest BCUT2D eigenvalue weighted by atomic mass is 35.5. The van der Waals surface area contributed by atoms with Gasteiger partial charge in [0.2, 0.25) is 0 Å². The molecule has 0 aliphatic heterocycles. The van der Waals surface area contributed by atoms with E-state index in [1.165, 1.54) is 12.8 Å². The van der Waals surface area contributed by atoms with Gasteiger partial charge in [-0.15, -0.1) is 0 Å². The van der Waals surface area contributed by atoms with Crippen molar-refractivity contribution in [2.75, 3.05) is 6.61 Å². The van der Waals surface area contributed by atoms with E-state index in [1.807, 2.05) is 6.92 Å². The number of halogens is 1. The molecule has 2 aromatic rings. The molecule has 1 aliphatic rings. The molecular weight excluding hydrogens is 276 g/mol. The minimum Gasteiger partial charge on any atom is -0.465 e. The molecule has 0 bridgehead atoms. The molecule has 5 heteroatoms. The van der Waals surface area contributed by atoms with Crippen LogP contribution in [0.25, 0.3) is 10.9 Å². The summed E-state index contributed by atoms with van der Waals surface area (Å²) in [7, 11) is 0. The van der Waals surface area contributed by atoms with Crippen LogP contribution in [0.5, 0.6) is 6.01 Å². The quantitative estimate of drug-likeness (QED) is 0.850. The molecule has 1 fully saturated rings. The third-order valence-electron chi connectivity index (χ3n) is 3.45. The predicted molar refractivity (Wildman–Crippen MR) is 79.5 cm³/mol. The molecule has 4 nitrogen and oxygen atoms in total. The molecule has 1 aromatic carbocycles. The van der Waals surface area contributed by atoms with Crippen molar-refractivity contribution in [2.24, 2.45) is 5.92 Å². The van der Waals surface area contributed by atoms with Gasteiger partial charge in [0.05, 0.1) is 17.5 Å². The van der Waals surface area contributed by atoms with Gasteiger partial charge in [0.25, 0.3) is 11.6 Å². The molecule has 1 heterocycles. The number of nitrogens with zero attached hydrogens (tertiary/aromatic N) is 2. The van der Waals surface area contributed by atoms with Crippen LogP contribution in [0.1, 0.15) is 26.2 Å². The van der Waals surface area contributed by atoms with Crippen LogP contribution < -0.4 is 10.3 Å². The highest BCUT2D eigenvalue weighted by Gasteiger charge is 2.24. The SMILES string of the molecule is CCCOc1nc2ccc(Cl)cc2c(=O)n1CC1CC1. The zero-order chi connectivity index (χ0) is 14.1. The third kappa shape index (κ3) is 2.66. The van der Waals surface area contributed by atoms with Gasteiger partial charge in [-0.3, -0.25) is 9.36 Å². The van der Waals surface area contributed by atoms with Crippen molar-refractivity contribution >= 4 is 22.5 Å². The predicted octanol–water partition coefficient (Wildman–Crippen LogP) is 3.25. The zero-order valence-electron chi connectivity index (χ0n) is 11.4. The van der Waals surface area contributed by atoms with Crippen LogP contribution in [0.2, 0.25) is 5.02 Å². The molecule has 106 valence electrons. The zero-order valence-corrected chi connectivity index (χ0v) is 12.2. The van der Waals surface area contributed by atoms with Crippen LogP contribution in [0.15, 0.2) is 23.0 Å². The van der Waals surface area contributed by atoms with Gasteiger partial charge in [-0.1, -0.05) is 18.5 Å². The number of benzene rings is 1. The molecule has 0 saturated heterocycles. The summed E-state index contributed by atoms with van der Waals surface area (Å²) in [6.07, 6.45) is 3.23. The Balaban J connectivity index is 2.13. The van der Waals surface area contributed by atoms with E-state index in [-0.39, 0.29) is 5.56 Å². The summed E-state index contributed by atoms with van der Waals surface area (Å²) in [5.74, 6) is 0.579. The van der Waals surface area contributed by atoms with Crippen molar-refractivity contribution < 1.29 is 4.74 Å². The maximum absolute atomic E-state index is 12.6. The summed E-state index contributed by atoms with van der Waals surface area (Å²) in [5, 5.41) is 1.11. The first-order chi connectivity index (χ1) is 9.69. The highest BCUT2D eigenvalue weighted by Crippen LogP contribution is 2.31. The Morgan fingerprint density at radius 2 is 2.25 bits per heavy atom. The fourth-order valence-corrected chi connectivity index (χ4v) is 2.37. The summed E-state index contributed by atoms with van der Waals surface area (Å²) >= 11 is 5.98. The lowest BCUT2D eigenvalue weighted by molar-refractivity contribution is 0.270. The average molecular weight is 293 g/mol. The number of fused-ring (bicyclic) bond motifs is 1. The maximum Gasteiger partial charge on any atom is 0.299 e. The summed E-state index contributed by atoms with van der Waals surface area (Å²) in [6.45, 7) is 3.29. The Bertz CT molecular complexity index is 692. The molecule has 0 spiro atoms. The van der Waals surface area contributed by atoms with Crippen molar-refractivity contribution in [2.45, 2.75) is 32.7 Å². The van der Waals surface area contributed by atoms with Crippen molar-refractivity contribution in [1.82, 2.24) is 9.55 Å². The molecule has 20 heavy (non-hydrogen) atoms. The summed E-state index contributed by atoms with van der Waals surface area (Å²) < 4.78 is 7.31. The number of ether oxygens (including phenoxy) is 1. The summed E-state index contributed by atoms with van der Waals surface area (Å²) in [4.78, 5) is 17.1. The Hall–Kier alpha value is -1.55. The minimum atomic E-state index is -0.0597. The first-order valence-electron chi connectivity index (χ1n) is 7.02. The van der Waals surface area contributed by atoms with E-state index < -0.39 is 0 Å². The molecule has 0 amide bonds. The molecule has 0 unspecified atom stereocenters. The standard InChI is InChI=1S/C15H17ClN2O2/c1-2-7-20-15-17-13-6-5-11(16)8-12(13)14(19)18(15)9-10-3-4-10/h5-6,8,10H,2-4,7,9H2,1H3. The fraction of sp³-hybridized carbons (Fsp3) is 0.467. The van der Waals surface area contributed by atoms with Crippen LogP contribution in [-0.2, 0) is 6.54 Å². The van der Waals surface area contributed by atoms with Gasteiger partial charge in [0.15, 0.2) is 0 Å². The second-order valence-corrected chi connectivity index (χ2v) is 5.70. The van der Waals surface area contributed by atoms with E-state index in [0.29, 0.717) is 41.0 Å². The number of rotatable bonds is 5. The second-order valence-electron chi connectivity index (χ2n) is 5.26. The normalized spacial score (nSPS) is 14.7. The molecule has 1 aromatic heterocycles. The lowest BCUT2D eigenvalue weighted by Crippen LogP contribution is -2.24. The van der Waals surface area contributed by atoms with Gasteiger partial charge >= 0.3 is 0 Å². The highest BCUT2D eigenvalue weighted by molar-refractivity contribution is 6.31. The second kappa shape index (κ2) is 5.44. The van der Waals surface area contributed by atoms with Gasteiger partial charge in [0.1, 0.15) is 0 Å². The van der Waals surface area contributed by atoms with E-state index >= 15 is 0 Å². The molecule has 0 N–H and O–H groups in total. The summed E-state index contributed by atoms with van der Waals surface area (Å²) in [6, 6.07) is 5.61. The van der Waals surface area contributed by atoms with Crippen molar-refractivity contribution in [1.29, 1.82) is 0 Å². The van der Waals surface area contributed by atoms with E-state index in [1.54, 1.807) is 22.8 Å². The molecule has 3 rings (SSSR count). The largest absolute Gasteiger partial charge is 0.465 e. The number of aromatic nitrogens is 2. The molecule has 1 aliphatic carbocycles. The Morgan fingerprint density at radius 3 is 2.95 bits per heavy atom. The first kappa shape index (κ1) is 13.4. The smallest absolute Gasteiger partial charge is 0.299 e. The third-order valence-corrected chi connectivity index (χ3v) is 3.69. The van der Waals surface area contributed by atoms with Gasteiger partial charge < -0.3 is 4.74 Å². The van der Waals surface area contributed by atoms with Crippen LogP contribution >= 0.6 is 11.6 Å². The Kier molecular flexibility index (Phi) is 3.66. The van der Waals surface area contributed by atoms with Crippen LogP contribution in [-0.4, -0.2) is 16.2 Å². The van der Waals surface area contributed by atoms with E-state index in [4.69, 9.17) is 16.3 Å². The molecule has 0 atom stereocenters. The molecule has 1 saturated carbocycles. The minimum absolute atomic E-state index is 0.0597. The molecular formula is C15H17ClN2O2. The average Bonchev–Trinajstić information content (AvgIpc) is 3.25. The summed E-state index contributed by atoms with van der Waals surface area (Å²) in [5.41, 5.74) is 0.577. The first-order valence-corrected chi connectivity index (χ1v) is 7.39. The van der Waals surface area contributed by atoms with E-state index in [0.717, 1.165) is 6.42 Å². The van der Waals surface area contributed by atoms with E-state index in [9.17, 15) is 4.79 Å². The van der Waals surface area contributed by atoms with Crippen LogP contribution in [0.3, 0.4) is 0 Å². The van der Waals surface area contributed by atoms with Gasteiger partial charge in [-0.25, -0.2) is 0 Å². The van der Waals surface area contributed by atoms with E-state index in [2.05, 4.69) is 4.98 Å². The Labute approximate surface area is 122 Å². The van der Waals surface area contributed by atoms with Gasteiger partial charge in [-0.05, 0) is 43.4 Å². The maximum atomic E-state index is 12.6.